The van der Waals surface area contributed by atoms with Crippen molar-refractivity contribution in [2.45, 2.75) is 65.4 Å². The number of esters is 1. The summed E-state index contributed by atoms with van der Waals surface area (Å²) in [6.45, 7) is 6.08. The quantitative estimate of drug-likeness (QED) is 0.189. The van der Waals surface area contributed by atoms with Crippen LogP contribution in [-0.2, 0) is 19.1 Å². The minimum absolute atomic E-state index is 0.0663. The number of benzene rings is 1. The van der Waals surface area contributed by atoms with Crippen molar-refractivity contribution in [3.05, 3.63) is 35.5 Å². The molecule has 0 aromatic heterocycles. The molecule has 2 rings (SSSR count). The Morgan fingerprint density at radius 3 is 2.26 bits per heavy atom. The molecule has 1 aliphatic rings. The molecule has 8 heteroatoms. The van der Waals surface area contributed by atoms with Gasteiger partial charge in [0.25, 0.3) is 5.91 Å². The monoisotopic (exact) mass is 434 g/mol. The lowest BCUT2D eigenvalue weighted by Gasteiger charge is -2.15. The van der Waals surface area contributed by atoms with Gasteiger partial charge in [-0.25, -0.2) is 4.79 Å². The van der Waals surface area contributed by atoms with Crippen molar-refractivity contribution in [1.29, 1.82) is 0 Å². The third-order valence-electron chi connectivity index (χ3n) is 4.65. The van der Waals surface area contributed by atoms with Crippen molar-refractivity contribution in [2.24, 2.45) is 0 Å². The van der Waals surface area contributed by atoms with Gasteiger partial charge in [0.1, 0.15) is 11.9 Å². The van der Waals surface area contributed by atoms with Crippen LogP contribution in [0.25, 0.3) is 5.76 Å². The highest BCUT2D eigenvalue weighted by molar-refractivity contribution is 6.15. The van der Waals surface area contributed by atoms with Gasteiger partial charge in [-0.3, -0.25) is 20.2 Å². The second kappa shape index (κ2) is 14.1. The molecule has 1 saturated heterocycles. The number of carbonyl (C=O) groups is 3. The summed E-state index contributed by atoms with van der Waals surface area (Å²) in [4.78, 5) is 33.7. The summed E-state index contributed by atoms with van der Waals surface area (Å²) < 4.78 is 15.7. The fourth-order valence-electron chi connectivity index (χ4n) is 2.94. The Morgan fingerprint density at radius 2 is 1.74 bits per heavy atom. The summed E-state index contributed by atoms with van der Waals surface area (Å²) in [6.07, 6.45) is 6.24. The molecule has 1 fully saturated rings. The third-order valence-corrected chi connectivity index (χ3v) is 4.65. The van der Waals surface area contributed by atoms with Crippen LogP contribution in [0.5, 0.6) is 5.75 Å². The molecule has 0 radical (unpaired) electrons. The van der Waals surface area contributed by atoms with Crippen molar-refractivity contribution in [3.8, 4) is 5.75 Å². The van der Waals surface area contributed by atoms with Crippen LogP contribution in [0.4, 0.5) is 4.79 Å². The summed E-state index contributed by atoms with van der Waals surface area (Å²) in [5.74, 6) is 0.220. The van der Waals surface area contributed by atoms with E-state index in [0.717, 1.165) is 12.8 Å². The lowest BCUT2D eigenvalue weighted by Crippen LogP contribution is -2.22. The average Bonchev–Trinajstić information content (AvgIpc) is 3.11. The highest BCUT2D eigenvalue weighted by Crippen LogP contribution is 2.28. The van der Waals surface area contributed by atoms with E-state index in [1.54, 1.807) is 24.3 Å². The number of rotatable bonds is 10. The molecular formula is C23H34N2O6. The molecular weight excluding hydrogens is 400 g/mol. The lowest BCUT2D eigenvalue weighted by atomic mass is 10.1. The molecule has 1 heterocycles. The maximum absolute atomic E-state index is 11.6. The Kier molecular flexibility index (Phi) is 11.8. The second-order valence-corrected chi connectivity index (χ2v) is 6.89. The first kappa shape index (κ1) is 26.0. The molecule has 1 unspecified atom stereocenters. The van der Waals surface area contributed by atoms with Gasteiger partial charge in [-0.2, -0.15) is 0 Å². The molecule has 1 atom stereocenters. The number of amides is 3. The predicted octanol–water partition coefficient (Wildman–Crippen LogP) is 4.15. The number of ether oxygens (including phenoxy) is 3. The molecule has 0 spiro atoms. The number of para-hydroxylation sites is 1. The van der Waals surface area contributed by atoms with Crippen LogP contribution < -0.4 is 15.4 Å². The van der Waals surface area contributed by atoms with E-state index in [4.69, 9.17) is 14.2 Å². The zero-order valence-electron chi connectivity index (χ0n) is 19.1. The molecule has 1 aliphatic heterocycles. The van der Waals surface area contributed by atoms with Crippen LogP contribution in [0.1, 0.15) is 64.9 Å². The number of nitrogens with one attached hydrogen (secondary N) is 2. The predicted molar refractivity (Wildman–Crippen MR) is 118 cm³/mol. The zero-order valence-corrected chi connectivity index (χ0v) is 19.1. The second-order valence-electron chi connectivity index (χ2n) is 6.89. The number of methoxy groups -OCH3 is 2. The normalized spacial score (nSPS) is 15.1. The van der Waals surface area contributed by atoms with Crippen molar-refractivity contribution in [1.82, 2.24) is 10.6 Å². The van der Waals surface area contributed by atoms with E-state index >= 15 is 0 Å². The van der Waals surface area contributed by atoms with Gasteiger partial charge in [-0.15, -0.1) is 0 Å². The van der Waals surface area contributed by atoms with Crippen molar-refractivity contribution in [2.75, 3.05) is 14.2 Å². The van der Waals surface area contributed by atoms with Crippen LogP contribution in [0.15, 0.2) is 30.0 Å². The molecule has 0 saturated carbocycles. The first-order chi connectivity index (χ1) is 14.9. The Labute approximate surface area is 184 Å². The van der Waals surface area contributed by atoms with Crippen LogP contribution in [-0.4, -0.2) is 38.2 Å². The maximum atomic E-state index is 11.6. The smallest absolute Gasteiger partial charge is 0.326 e. The van der Waals surface area contributed by atoms with E-state index in [1.807, 2.05) is 6.92 Å². The van der Waals surface area contributed by atoms with Gasteiger partial charge < -0.3 is 14.2 Å². The fraction of sp³-hybridized carbons (Fsp3) is 0.522. The van der Waals surface area contributed by atoms with Gasteiger partial charge >= 0.3 is 12.0 Å². The molecule has 0 bridgehead atoms. The number of hydrogen-bond acceptors (Lipinski definition) is 6. The summed E-state index contributed by atoms with van der Waals surface area (Å²) in [6, 6.07) is 6.49. The van der Waals surface area contributed by atoms with Gasteiger partial charge in [0, 0.05) is 6.42 Å². The van der Waals surface area contributed by atoms with Crippen molar-refractivity contribution < 1.29 is 28.6 Å². The Hall–Kier alpha value is -3.03. The van der Waals surface area contributed by atoms with E-state index < -0.39 is 11.9 Å². The highest BCUT2D eigenvalue weighted by atomic mass is 16.5. The van der Waals surface area contributed by atoms with Crippen molar-refractivity contribution in [3.63, 3.8) is 0 Å². The molecule has 0 aliphatic carbocycles. The van der Waals surface area contributed by atoms with E-state index in [0.29, 0.717) is 17.7 Å². The Morgan fingerprint density at radius 1 is 1.03 bits per heavy atom. The molecule has 172 valence electrons. The minimum Gasteiger partial charge on any atom is -0.496 e. The topological polar surface area (TPSA) is 103 Å². The van der Waals surface area contributed by atoms with E-state index in [-0.39, 0.29) is 23.5 Å². The standard InChI is InChI=1S/C12H12N2O4.C11H22O2/c1-17-8-6-4-3-5-7(8)10(18-2)9-11(15)14-12(16)13-9;1-4-7-8-9-10(5-2)13-11(12)6-3/h3-6H,1-2H3,(H2,13,14,15,16);10H,4-9H2,1-3H3. The average molecular weight is 435 g/mol. The SMILES string of the molecule is CCCCCC(CC)OC(=O)CC.COC(=C1NC(=O)NC1=O)c1ccccc1OC. The fourth-order valence-corrected chi connectivity index (χ4v) is 2.94. The van der Waals surface area contributed by atoms with Crippen LogP contribution in [0, 0.1) is 0 Å². The molecule has 8 nitrogen and oxygen atoms in total. The van der Waals surface area contributed by atoms with E-state index in [1.165, 1.54) is 33.5 Å². The first-order valence-electron chi connectivity index (χ1n) is 10.6. The Bertz CT molecular complexity index is 775. The van der Waals surface area contributed by atoms with Crippen molar-refractivity contribution >= 4 is 23.7 Å². The summed E-state index contributed by atoms with van der Waals surface area (Å²) in [5.41, 5.74) is 0.668. The number of unbranched alkanes of at least 4 members (excludes halogenated alkanes) is 2. The highest BCUT2D eigenvalue weighted by Gasteiger charge is 2.29. The summed E-state index contributed by atoms with van der Waals surface area (Å²) >= 11 is 0. The van der Waals surface area contributed by atoms with Gasteiger partial charge in [-0.05, 0) is 31.4 Å². The number of imide groups is 1. The number of hydrogen-bond donors (Lipinski definition) is 2. The van der Waals surface area contributed by atoms with Gasteiger partial charge in [0.15, 0.2) is 11.5 Å². The maximum Gasteiger partial charge on any atom is 0.326 e. The van der Waals surface area contributed by atoms with Gasteiger partial charge in [0.2, 0.25) is 0 Å². The van der Waals surface area contributed by atoms with Gasteiger partial charge in [0.05, 0.1) is 19.8 Å². The van der Waals surface area contributed by atoms with Crippen LogP contribution in [0.2, 0.25) is 0 Å². The molecule has 3 amide bonds. The lowest BCUT2D eigenvalue weighted by molar-refractivity contribution is -0.149. The first-order valence-corrected chi connectivity index (χ1v) is 10.6. The number of urea groups is 1. The largest absolute Gasteiger partial charge is 0.496 e. The summed E-state index contributed by atoms with van der Waals surface area (Å²) in [5, 5.41) is 4.53. The van der Waals surface area contributed by atoms with Gasteiger partial charge in [-0.1, -0.05) is 45.7 Å². The minimum atomic E-state index is -0.570. The molecule has 2 N–H and O–H groups in total. The number of carbonyl (C=O) groups excluding carboxylic acids is 3. The molecule has 1 aromatic carbocycles. The molecule has 1 aromatic rings. The zero-order chi connectivity index (χ0) is 23.2. The Balaban J connectivity index is 0.000000330. The molecule has 31 heavy (non-hydrogen) atoms. The van der Waals surface area contributed by atoms with Crippen LogP contribution in [0.3, 0.4) is 0 Å². The van der Waals surface area contributed by atoms with E-state index in [9.17, 15) is 14.4 Å². The third kappa shape index (κ3) is 8.32. The summed E-state index contributed by atoms with van der Waals surface area (Å²) in [7, 11) is 2.94. The van der Waals surface area contributed by atoms with E-state index in [2.05, 4.69) is 24.5 Å². The van der Waals surface area contributed by atoms with Crippen LogP contribution >= 0.6 is 0 Å².